The molecule has 2 aromatic rings. The van der Waals surface area contributed by atoms with Gasteiger partial charge in [0.1, 0.15) is 0 Å². The second kappa shape index (κ2) is 5.92. The standard InChI is InChI=1S/C13H14ClNS/c14-9-11-1-3-13(4-2-11)15-7-5-12-6-8-16-10-12/h1-4,6,8,10,15H,5,7,9H2. The molecule has 84 valence electrons. The monoisotopic (exact) mass is 251 g/mol. The quantitative estimate of drug-likeness (QED) is 0.788. The van der Waals surface area contributed by atoms with E-state index in [-0.39, 0.29) is 0 Å². The Morgan fingerprint density at radius 1 is 1.06 bits per heavy atom. The number of rotatable bonds is 5. The molecule has 3 heteroatoms. The summed E-state index contributed by atoms with van der Waals surface area (Å²) in [4.78, 5) is 0. The highest BCUT2D eigenvalue weighted by atomic mass is 35.5. The smallest absolute Gasteiger partial charge is 0.0474 e. The molecule has 0 unspecified atom stereocenters. The molecule has 0 bridgehead atoms. The summed E-state index contributed by atoms with van der Waals surface area (Å²) in [6.07, 6.45) is 1.07. The number of hydrogen-bond acceptors (Lipinski definition) is 2. The molecule has 0 spiro atoms. The van der Waals surface area contributed by atoms with Crippen LogP contribution in [0.1, 0.15) is 11.1 Å². The Bertz CT molecular complexity index is 408. The van der Waals surface area contributed by atoms with Crippen LogP contribution in [-0.2, 0) is 12.3 Å². The molecule has 1 aromatic heterocycles. The van der Waals surface area contributed by atoms with Crippen LogP contribution in [0.25, 0.3) is 0 Å². The van der Waals surface area contributed by atoms with Crippen molar-refractivity contribution in [3.63, 3.8) is 0 Å². The summed E-state index contributed by atoms with van der Waals surface area (Å²) >= 11 is 7.48. The number of nitrogens with one attached hydrogen (secondary N) is 1. The van der Waals surface area contributed by atoms with Gasteiger partial charge in [0.2, 0.25) is 0 Å². The third-order valence-electron chi connectivity index (χ3n) is 2.43. The number of thiophene rings is 1. The topological polar surface area (TPSA) is 12.0 Å². The van der Waals surface area contributed by atoms with E-state index in [0.29, 0.717) is 5.88 Å². The van der Waals surface area contributed by atoms with Gasteiger partial charge in [0.05, 0.1) is 0 Å². The van der Waals surface area contributed by atoms with Crippen LogP contribution in [0, 0.1) is 0 Å². The van der Waals surface area contributed by atoms with Crippen LogP contribution in [-0.4, -0.2) is 6.54 Å². The van der Waals surface area contributed by atoms with Crippen LogP contribution < -0.4 is 5.32 Å². The summed E-state index contributed by atoms with van der Waals surface area (Å²) in [7, 11) is 0. The molecule has 0 aliphatic heterocycles. The van der Waals surface area contributed by atoms with Crippen LogP contribution in [0.4, 0.5) is 5.69 Å². The predicted molar refractivity (Wildman–Crippen MR) is 72.5 cm³/mol. The summed E-state index contributed by atoms with van der Waals surface area (Å²) in [5.74, 6) is 0.579. The zero-order valence-corrected chi connectivity index (χ0v) is 10.5. The van der Waals surface area contributed by atoms with E-state index in [1.807, 2.05) is 0 Å². The first kappa shape index (κ1) is 11.5. The SMILES string of the molecule is ClCc1ccc(NCCc2ccsc2)cc1. The van der Waals surface area contributed by atoms with E-state index in [1.165, 1.54) is 5.56 Å². The molecule has 1 N–H and O–H groups in total. The molecule has 0 amide bonds. The van der Waals surface area contributed by atoms with Crippen molar-refractivity contribution in [3.05, 3.63) is 52.2 Å². The van der Waals surface area contributed by atoms with Crippen molar-refractivity contribution in [1.29, 1.82) is 0 Å². The van der Waals surface area contributed by atoms with Crippen LogP contribution in [0.15, 0.2) is 41.1 Å². The van der Waals surface area contributed by atoms with Crippen molar-refractivity contribution in [3.8, 4) is 0 Å². The van der Waals surface area contributed by atoms with Crippen molar-refractivity contribution >= 4 is 28.6 Å². The van der Waals surface area contributed by atoms with E-state index in [9.17, 15) is 0 Å². The Labute approximate surface area is 105 Å². The molecule has 0 saturated heterocycles. The fraction of sp³-hybridized carbons (Fsp3) is 0.231. The van der Waals surface area contributed by atoms with Gasteiger partial charge >= 0.3 is 0 Å². The molecule has 1 heterocycles. The van der Waals surface area contributed by atoms with Crippen molar-refractivity contribution < 1.29 is 0 Å². The molecule has 1 aromatic carbocycles. The molecule has 0 saturated carbocycles. The molecule has 0 aliphatic rings. The van der Waals surface area contributed by atoms with E-state index in [1.54, 1.807) is 11.3 Å². The first-order valence-corrected chi connectivity index (χ1v) is 6.76. The second-order valence-corrected chi connectivity index (χ2v) is 4.69. The number of benzene rings is 1. The average Bonchev–Trinajstić information content (AvgIpc) is 2.83. The molecular weight excluding hydrogens is 238 g/mol. The number of hydrogen-bond donors (Lipinski definition) is 1. The molecule has 1 nitrogen and oxygen atoms in total. The minimum absolute atomic E-state index is 0.579. The van der Waals surface area contributed by atoms with Gasteiger partial charge in [-0.15, -0.1) is 11.6 Å². The molecule has 0 fully saturated rings. The summed E-state index contributed by atoms with van der Waals surface area (Å²) in [5.41, 5.74) is 3.71. The predicted octanol–water partition coefficient (Wildman–Crippen LogP) is 4.14. The van der Waals surface area contributed by atoms with Gasteiger partial charge in [0.15, 0.2) is 0 Å². The van der Waals surface area contributed by atoms with Gasteiger partial charge in [-0.25, -0.2) is 0 Å². The number of alkyl halides is 1. The van der Waals surface area contributed by atoms with Gasteiger partial charge in [-0.05, 0) is 46.5 Å². The maximum atomic E-state index is 5.73. The molecule has 2 rings (SSSR count). The lowest BCUT2D eigenvalue weighted by molar-refractivity contribution is 1.03. The highest BCUT2D eigenvalue weighted by Crippen LogP contribution is 2.12. The molecule has 0 atom stereocenters. The lowest BCUT2D eigenvalue weighted by Gasteiger charge is -2.05. The van der Waals surface area contributed by atoms with Gasteiger partial charge in [-0.2, -0.15) is 11.3 Å². The van der Waals surface area contributed by atoms with E-state index in [0.717, 1.165) is 24.2 Å². The average molecular weight is 252 g/mol. The van der Waals surface area contributed by atoms with Gasteiger partial charge in [-0.3, -0.25) is 0 Å². The van der Waals surface area contributed by atoms with Crippen molar-refractivity contribution in [2.24, 2.45) is 0 Å². The van der Waals surface area contributed by atoms with E-state index in [2.05, 4.69) is 46.4 Å². The summed E-state index contributed by atoms with van der Waals surface area (Å²) < 4.78 is 0. The molecule has 16 heavy (non-hydrogen) atoms. The lowest BCUT2D eigenvalue weighted by Crippen LogP contribution is -2.03. The van der Waals surface area contributed by atoms with Gasteiger partial charge in [0.25, 0.3) is 0 Å². The van der Waals surface area contributed by atoms with Gasteiger partial charge in [-0.1, -0.05) is 12.1 Å². The second-order valence-electron chi connectivity index (χ2n) is 3.64. The first-order valence-electron chi connectivity index (χ1n) is 5.28. The van der Waals surface area contributed by atoms with Crippen LogP contribution in [0.2, 0.25) is 0 Å². The Morgan fingerprint density at radius 2 is 1.88 bits per heavy atom. The van der Waals surface area contributed by atoms with Crippen molar-refractivity contribution in [2.45, 2.75) is 12.3 Å². The number of halogens is 1. The maximum absolute atomic E-state index is 5.73. The Hall–Kier alpha value is -0.990. The zero-order chi connectivity index (χ0) is 11.2. The largest absolute Gasteiger partial charge is 0.385 e. The van der Waals surface area contributed by atoms with E-state index in [4.69, 9.17) is 11.6 Å². The fourth-order valence-electron chi connectivity index (χ4n) is 1.50. The summed E-state index contributed by atoms with van der Waals surface area (Å²) in [6, 6.07) is 10.4. The van der Waals surface area contributed by atoms with E-state index >= 15 is 0 Å². The minimum Gasteiger partial charge on any atom is -0.385 e. The maximum Gasteiger partial charge on any atom is 0.0474 e. The minimum atomic E-state index is 0.579. The van der Waals surface area contributed by atoms with Gasteiger partial charge in [0, 0.05) is 18.1 Å². The normalized spacial score (nSPS) is 10.3. The van der Waals surface area contributed by atoms with E-state index < -0.39 is 0 Å². The third kappa shape index (κ3) is 3.26. The lowest BCUT2D eigenvalue weighted by atomic mass is 10.2. The number of anilines is 1. The molecule has 0 radical (unpaired) electrons. The van der Waals surface area contributed by atoms with Crippen LogP contribution in [0.5, 0.6) is 0 Å². The van der Waals surface area contributed by atoms with Crippen LogP contribution >= 0.6 is 22.9 Å². The fourth-order valence-corrected chi connectivity index (χ4v) is 2.38. The summed E-state index contributed by atoms with van der Waals surface area (Å²) in [6.45, 7) is 0.969. The Balaban J connectivity index is 1.81. The Kier molecular flexibility index (Phi) is 4.25. The van der Waals surface area contributed by atoms with Crippen molar-refractivity contribution in [1.82, 2.24) is 0 Å². The highest BCUT2D eigenvalue weighted by molar-refractivity contribution is 7.07. The molecule has 0 aliphatic carbocycles. The van der Waals surface area contributed by atoms with Crippen LogP contribution in [0.3, 0.4) is 0 Å². The molecular formula is C13H14ClNS. The zero-order valence-electron chi connectivity index (χ0n) is 8.95. The third-order valence-corrected chi connectivity index (χ3v) is 3.47. The van der Waals surface area contributed by atoms with Crippen molar-refractivity contribution in [2.75, 3.05) is 11.9 Å². The van der Waals surface area contributed by atoms with Gasteiger partial charge < -0.3 is 5.32 Å². The summed E-state index contributed by atoms with van der Waals surface area (Å²) in [5, 5.41) is 7.70. The first-order chi connectivity index (χ1) is 7.88. The Morgan fingerprint density at radius 3 is 2.50 bits per heavy atom. The highest BCUT2D eigenvalue weighted by Gasteiger charge is 1.95.